The number of rotatable bonds is 3. The van der Waals surface area contributed by atoms with Gasteiger partial charge < -0.3 is 4.74 Å². The monoisotopic (exact) mass is 338 g/mol. The average molecular weight is 339 g/mol. The number of halogens is 1. The van der Waals surface area contributed by atoms with Gasteiger partial charge in [-0.1, -0.05) is 11.6 Å². The topological polar surface area (TPSA) is 81.2 Å². The lowest BCUT2D eigenvalue weighted by Crippen LogP contribution is -2.16. The van der Waals surface area contributed by atoms with E-state index in [1.54, 1.807) is 6.07 Å². The molecule has 0 aliphatic carbocycles. The molecule has 22 heavy (non-hydrogen) atoms. The Bertz CT molecular complexity index is 1000. The van der Waals surface area contributed by atoms with Gasteiger partial charge in [-0.15, -0.1) is 0 Å². The van der Waals surface area contributed by atoms with E-state index in [2.05, 4.69) is 5.10 Å². The van der Waals surface area contributed by atoms with Crippen LogP contribution >= 0.6 is 11.6 Å². The summed E-state index contributed by atoms with van der Waals surface area (Å²) >= 11 is 5.77. The second kappa shape index (κ2) is 5.19. The van der Waals surface area contributed by atoms with Crippen molar-refractivity contribution < 1.29 is 13.2 Å². The van der Waals surface area contributed by atoms with Crippen molar-refractivity contribution >= 4 is 32.5 Å². The Hall–Kier alpha value is -2.25. The van der Waals surface area contributed by atoms with E-state index in [1.165, 1.54) is 43.5 Å². The average Bonchev–Trinajstić information content (AvgIpc) is 2.85. The summed E-state index contributed by atoms with van der Waals surface area (Å²) in [5.74, 6) is 0.472. The zero-order valence-electron chi connectivity index (χ0n) is 11.4. The third-order valence-corrected chi connectivity index (χ3v) is 5.11. The van der Waals surface area contributed by atoms with E-state index in [-0.39, 0.29) is 15.8 Å². The summed E-state index contributed by atoms with van der Waals surface area (Å²) in [6.45, 7) is 0. The van der Waals surface area contributed by atoms with Crippen molar-refractivity contribution in [2.24, 2.45) is 0 Å². The number of fused-ring (bicyclic) bond motifs is 1. The summed E-state index contributed by atoms with van der Waals surface area (Å²) in [6.07, 6.45) is 0. The van der Waals surface area contributed by atoms with Crippen molar-refractivity contribution in [2.75, 3.05) is 7.11 Å². The molecule has 0 saturated heterocycles. The molecule has 1 N–H and O–H groups in total. The predicted octanol–water partition coefficient (Wildman–Crippen LogP) is 2.23. The van der Waals surface area contributed by atoms with Crippen molar-refractivity contribution in [1.82, 2.24) is 9.19 Å². The Morgan fingerprint density at radius 3 is 2.45 bits per heavy atom. The van der Waals surface area contributed by atoms with Crippen molar-refractivity contribution in [2.45, 2.75) is 4.90 Å². The van der Waals surface area contributed by atoms with E-state index in [0.29, 0.717) is 10.8 Å². The van der Waals surface area contributed by atoms with Crippen LogP contribution in [0.4, 0.5) is 0 Å². The van der Waals surface area contributed by atoms with Gasteiger partial charge in [-0.05, 0) is 42.5 Å². The summed E-state index contributed by atoms with van der Waals surface area (Å²) < 4.78 is 31.2. The van der Waals surface area contributed by atoms with E-state index in [9.17, 15) is 13.2 Å². The zero-order valence-corrected chi connectivity index (χ0v) is 13.0. The first-order valence-electron chi connectivity index (χ1n) is 6.23. The van der Waals surface area contributed by atoms with E-state index in [0.717, 1.165) is 4.09 Å². The fraction of sp³-hybridized carbons (Fsp3) is 0.0714. The number of aromatic nitrogens is 2. The van der Waals surface area contributed by atoms with Crippen molar-refractivity contribution in [3.05, 3.63) is 57.8 Å². The smallest absolute Gasteiger partial charge is 0.281 e. The van der Waals surface area contributed by atoms with Gasteiger partial charge in [0.25, 0.3) is 15.6 Å². The molecule has 0 saturated carbocycles. The highest BCUT2D eigenvalue weighted by atomic mass is 35.5. The normalized spacial score (nSPS) is 11.7. The lowest BCUT2D eigenvalue weighted by Gasteiger charge is -2.07. The molecule has 114 valence electrons. The molecule has 0 bridgehead atoms. The van der Waals surface area contributed by atoms with Crippen LogP contribution in [0.5, 0.6) is 5.75 Å². The van der Waals surface area contributed by atoms with Gasteiger partial charge in [-0.2, -0.15) is 12.5 Å². The number of nitrogens with one attached hydrogen (secondary N) is 1. The lowest BCUT2D eigenvalue weighted by atomic mass is 10.2. The maximum atomic E-state index is 12.6. The quantitative estimate of drug-likeness (QED) is 0.794. The minimum absolute atomic E-state index is 0.0286. The van der Waals surface area contributed by atoms with E-state index in [1.807, 2.05) is 0 Å². The molecule has 0 unspecified atom stereocenters. The highest BCUT2D eigenvalue weighted by Crippen LogP contribution is 2.22. The number of benzene rings is 2. The fourth-order valence-electron chi connectivity index (χ4n) is 2.12. The number of methoxy groups -OCH3 is 1. The molecule has 3 aromatic rings. The Kier molecular flexibility index (Phi) is 3.46. The lowest BCUT2D eigenvalue weighted by molar-refractivity contribution is 0.415. The SMILES string of the molecule is COc1ccc2c(c1)c(=O)[nH]n2S(=O)(=O)c1ccc(Cl)cc1. The summed E-state index contributed by atoms with van der Waals surface area (Å²) in [5, 5.41) is 3.00. The summed E-state index contributed by atoms with van der Waals surface area (Å²) in [6, 6.07) is 10.3. The van der Waals surface area contributed by atoms with Gasteiger partial charge in [-0.3, -0.25) is 4.79 Å². The van der Waals surface area contributed by atoms with Crippen LogP contribution in [0, 0.1) is 0 Å². The van der Waals surface area contributed by atoms with E-state index >= 15 is 0 Å². The molecule has 2 aromatic carbocycles. The number of hydrogen-bond acceptors (Lipinski definition) is 4. The molecule has 0 radical (unpaired) electrons. The van der Waals surface area contributed by atoms with Crippen LogP contribution in [-0.4, -0.2) is 24.7 Å². The van der Waals surface area contributed by atoms with Gasteiger partial charge in [0.1, 0.15) is 5.75 Å². The van der Waals surface area contributed by atoms with Gasteiger partial charge in [0, 0.05) is 5.02 Å². The first-order chi connectivity index (χ1) is 10.4. The Morgan fingerprint density at radius 2 is 1.82 bits per heavy atom. The minimum atomic E-state index is -3.92. The molecule has 8 heteroatoms. The fourth-order valence-corrected chi connectivity index (χ4v) is 3.55. The number of hydrogen-bond donors (Lipinski definition) is 1. The largest absolute Gasteiger partial charge is 0.497 e. The molecule has 0 fully saturated rings. The molecule has 1 aromatic heterocycles. The Balaban J connectivity index is 2.26. The number of nitrogens with zero attached hydrogens (tertiary/aromatic N) is 1. The van der Waals surface area contributed by atoms with Crippen LogP contribution < -0.4 is 10.3 Å². The minimum Gasteiger partial charge on any atom is -0.497 e. The maximum Gasteiger partial charge on any atom is 0.281 e. The van der Waals surface area contributed by atoms with Crippen LogP contribution in [0.2, 0.25) is 5.02 Å². The molecule has 0 atom stereocenters. The molecule has 0 aliphatic rings. The van der Waals surface area contributed by atoms with Gasteiger partial charge in [-0.25, -0.2) is 5.10 Å². The molecule has 0 spiro atoms. The first kappa shape index (κ1) is 14.7. The highest BCUT2D eigenvalue weighted by Gasteiger charge is 2.21. The first-order valence-corrected chi connectivity index (χ1v) is 8.05. The number of ether oxygens (including phenoxy) is 1. The van der Waals surface area contributed by atoms with Crippen LogP contribution in [-0.2, 0) is 10.0 Å². The molecule has 3 rings (SSSR count). The number of H-pyrrole nitrogens is 1. The van der Waals surface area contributed by atoms with Crippen molar-refractivity contribution in [3.8, 4) is 5.75 Å². The van der Waals surface area contributed by atoms with Crippen LogP contribution in [0.15, 0.2) is 52.2 Å². The predicted molar refractivity (Wildman–Crippen MR) is 83.1 cm³/mol. The standard InChI is InChI=1S/C14H11ClN2O4S/c1-21-10-4-7-13-12(8-10)14(18)16-17(13)22(19,20)11-5-2-9(15)3-6-11/h2-8H,1H3,(H,16,18). The van der Waals surface area contributed by atoms with Gasteiger partial charge >= 0.3 is 0 Å². The molecular formula is C14H11ClN2O4S. The summed E-state index contributed by atoms with van der Waals surface area (Å²) in [7, 11) is -2.45. The Labute approximate surface area is 130 Å². The summed E-state index contributed by atoms with van der Waals surface area (Å²) in [4.78, 5) is 12.0. The third kappa shape index (κ3) is 2.28. The second-order valence-electron chi connectivity index (χ2n) is 4.55. The zero-order chi connectivity index (χ0) is 15.9. The second-order valence-corrected chi connectivity index (χ2v) is 6.77. The molecule has 6 nitrogen and oxygen atoms in total. The van der Waals surface area contributed by atoms with Crippen LogP contribution in [0.25, 0.3) is 10.9 Å². The number of aromatic amines is 1. The molecule has 0 aliphatic heterocycles. The van der Waals surface area contributed by atoms with Crippen LogP contribution in [0.3, 0.4) is 0 Å². The maximum absolute atomic E-state index is 12.6. The van der Waals surface area contributed by atoms with Crippen molar-refractivity contribution in [1.29, 1.82) is 0 Å². The van der Waals surface area contributed by atoms with Gasteiger partial charge in [0.2, 0.25) is 0 Å². The summed E-state index contributed by atoms with van der Waals surface area (Å²) in [5.41, 5.74) is -0.257. The third-order valence-electron chi connectivity index (χ3n) is 3.22. The van der Waals surface area contributed by atoms with E-state index in [4.69, 9.17) is 16.3 Å². The van der Waals surface area contributed by atoms with Crippen LogP contribution in [0.1, 0.15) is 0 Å². The van der Waals surface area contributed by atoms with Gasteiger partial charge in [0.05, 0.1) is 22.9 Å². The van der Waals surface area contributed by atoms with Gasteiger partial charge in [0.15, 0.2) is 0 Å². The van der Waals surface area contributed by atoms with E-state index < -0.39 is 15.6 Å². The highest BCUT2D eigenvalue weighted by molar-refractivity contribution is 7.90. The Morgan fingerprint density at radius 1 is 1.14 bits per heavy atom. The molecule has 1 heterocycles. The molecular weight excluding hydrogens is 328 g/mol. The molecule has 0 amide bonds. The van der Waals surface area contributed by atoms with Crippen molar-refractivity contribution in [3.63, 3.8) is 0 Å².